The zero-order valence-corrected chi connectivity index (χ0v) is 8.60. The normalized spacial score (nSPS) is 46.3. The molecule has 0 aliphatic carbocycles. The van der Waals surface area contributed by atoms with Crippen molar-refractivity contribution in [3.05, 3.63) is 0 Å². The SMILES string of the molecule is CO[C@@H]1OC[C@@H](O)[C@@H]2OC(C)(C)O[C@H]12. The van der Waals surface area contributed by atoms with Gasteiger partial charge in [-0.05, 0) is 13.8 Å². The highest BCUT2D eigenvalue weighted by atomic mass is 16.8. The Bertz CT molecular complexity index is 217. The van der Waals surface area contributed by atoms with Gasteiger partial charge in [-0.2, -0.15) is 0 Å². The van der Waals surface area contributed by atoms with Crippen LogP contribution in [0, 0.1) is 0 Å². The van der Waals surface area contributed by atoms with E-state index in [9.17, 15) is 5.11 Å². The zero-order chi connectivity index (χ0) is 10.3. The van der Waals surface area contributed by atoms with Gasteiger partial charge in [0.2, 0.25) is 0 Å². The van der Waals surface area contributed by atoms with E-state index in [1.54, 1.807) is 7.11 Å². The highest BCUT2D eigenvalue weighted by Gasteiger charge is 2.51. The van der Waals surface area contributed by atoms with Crippen LogP contribution in [0.3, 0.4) is 0 Å². The Balaban J connectivity index is 2.14. The smallest absolute Gasteiger partial charge is 0.186 e. The third-order valence-electron chi connectivity index (χ3n) is 2.47. The van der Waals surface area contributed by atoms with Gasteiger partial charge in [0.05, 0.1) is 6.61 Å². The molecular formula is C9H16O5. The predicted octanol–water partition coefficient (Wildman–Crippen LogP) is -0.130. The van der Waals surface area contributed by atoms with E-state index >= 15 is 0 Å². The number of methoxy groups -OCH3 is 1. The molecule has 14 heavy (non-hydrogen) atoms. The van der Waals surface area contributed by atoms with Crippen molar-refractivity contribution in [2.45, 2.75) is 44.2 Å². The standard InChI is InChI=1S/C9H16O5/c1-9(2)13-6-5(10)4-12-8(11-3)7(6)14-9/h5-8,10H,4H2,1-3H3/t5-,6+,7+,8-/m1/s1. The number of aliphatic hydroxyl groups excluding tert-OH is 1. The zero-order valence-electron chi connectivity index (χ0n) is 8.60. The molecule has 2 rings (SSSR count). The minimum Gasteiger partial charge on any atom is -0.388 e. The Morgan fingerprint density at radius 1 is 1.29 bits per heavy atom. The molecular weight excluding hydrogens is 188 g/mol. The Kier molecular flexibility index (Phi) is 2.53. The average Bonchev–Trinajstić information content (AvgIpc) is 2.42. The number of fused-ring (bicyclic) bond motifs is 1. The lowest BCUT2D eigenvalue weighted by atomic mass is 10.1. The molecule has 0 spiro atoms. The maximum Gasteiger partial charge on any atom is 0.186 e. The third-order valence-corrected chi connectivity index (χ3v) is 2.47. The third kappa shape index (κ3) is 1.66. The lowest BCUT2D eigenvalue weighted by molar-refractivity contribution is -0.237. The second-order valence-electron chi connectivity index (χ2n) is 4.07. The van der Waals surface area contributed by atoms with Crippen molar-refractivity contribution in [3.8, 4) is 0 Å². The van der Waals surface area contributed by atoms with Crippen LogP contribution >= 0.6 is 0 Å². The molecule has 1 N–H and O–H groups in total. The molecule has 2 aliphatic rings. The first-order valence-electron chi connectivity index (χ1n) is 4.71. The van der Waals surface area contributed by atoms with E-state index in [0.717, 1.165) is 0 Å². The molecule has 0 saturated carbocycles. The van der Waals surface area contributed by atoms with Gasteiger partial charge in [-0.15, -0.1) is 0 Å². The molecule has 2 fully saturated rings. The largest absolute Gasteiger partial charge is 0.388 e. The van der Waals surface area contributed by atoms with E-state index in [0.29, 0.717) is 0 Å². The summed E-state index contributed by atoms with van der Waals surface area (Å²) in [6.07, 6.45) is -1.80. The summed E-state index contributed by atoms with van der Waals surface area (Å²) in [6, 6.07) is 0. The van der Waals surface area contributed by atoms with Crippen LogP contribution in [0.1, 0.15) is 13.8 Å². The number of hydrogen-bond donors (Lipinski definition) is 1. The highest BCUT2D eigenvalue weighted by Crippen LogP contribution is 2.35. The lowest BCUT2D eigenvalue weighted by Gasteiger charge is -2.33. The van der Waals surface area contributed by atoms with Crippen LogP contribution in [-0.4, -0.2) is 49.2 Å². The average molecular weight is 204 g/mol. The van der Waals surface area contributed by atoms with Crippen LogP contribution in [0.25, 0.3) is 0 Å². The van der Waals surface area contributed by atoms with Crippen molar-refractivity contribution >= 4 is 0 Å². The molecule has 2 aliphatic heterocycles. The number of rotatable bonds is 1. The molecule has 4 atom stereocenters. The van der Waals surface area contributed by atoms with Crippen LogP contribution < -0.4 is 0 Å². The van der Waals surface area contributed by atoms with Crippen LogP contribution in [0.5, 0.6) is 0 Å². The summed E-state index contributed by atoms with van der Waals surface area (Å²) >= 11 is 0. The van der Waals surface area contributed by atoms with Gasteiger partial charge in [-0.1, -0.05) is 0 Å². The lowest BCUT2D eigenvalue weighted by Crippen LogP contribution is -2.51. The highest BCUT2D eigenvalue weighted by molar-refractivity contribution is 4.91. The van der Waals surface area contributed by atoms with Crippen molar-refractivity contribution in [2.75, 3.05) is 13.7 Å². The van der Waals surface area contributed by atoms with Crippen LogP contribution in [0.2, 0.25) is 0 Å². The summed E-state index contributed by atoms with van der Waals surface area (Å²) in [4.78, 5) is 0. The fourth-order valence-electron chi connectivity index (χ4n) is 1.91. The summed E-state index contributed by atoms with van der Waals surface area (Å²) in [5, 5.41) is 9.64. The second kappa shape index (κ2) is 3.43. The molecule has 0 aromatic rings. The first kappa shape index (κ1) is 10.3. The summed E-state index contributed by atoms with van der Waals surface area (Å²) in [7, 11) is 1.55. The molecule has 0 radical (unpaired) electrons. The van der Waals surface area contributed by atoms with E-state index in [1.165, 1.54) is 0 Å². The molecule has 5 heteroatoms. The van der Waals surface area contributed by atoms with Crippen LogP contribution in [-0.2, 0) is 18.9 Å². The number of aliphatic hydroxyl groups is 1. The molecule has 0 aromatic heterocycles. The van der Waals surface area contributed by atoms with Crippen LogP contribution in [0.15, 0.2) is 0 Å². The van der Waals surface area contributed by atoms with E-state index in [-0.39, 0.29) is 18.8 Å². The fourth-order valence-corrected chi connectivity index (χ4v) is 1.91. The van der Waals surface area contributed by atoms with E-state index in [2.05, 4.69) is 0 Å². The van der Waals surface area contributed by atoms with Crippen molar-refractivity contribution in [1.29, 1.82) is 0 Å². The van der Waals surface area contributed by atoms with Crippen molar-refractivity contribution in [2.24, 2.45) is 0 Å². The molecule has 5 nitrogen and oxygen atoms in total. The minimum atomic E-state index is -0.680. The molecule has 0 aromatic carbocycles. The van der Waals surface area contributed by atoms with E-state index < -0.39 is 18.2 Å². The summed E-state index contributed by atoms with van der Waals surface area (Å²) in [6.45, 7) is 3.84. The predicted molar refractivity (Wildman–Crippen MR) is 46.6 cm³/mol. The maximum atomic E-state index is 9.64. The Morgan fingerprint density at radius 3 is 2.57 bits per heavy atom. The number of ether oxygens (including phenoxy) is 4. The van der Waals surface area contributed by atoms with Gasteiger partial charge >= 0.3 is 0 Å². The number of hydrogen-bond acceptors (Lipinski definition) is 5. The van der Waals surface area contributed by atoms with Gasteiger partial charge in [0.1, 0.15) is 18.3 Å². The maximum absolute atomic E-state index is 9.64. The van der Waals surface area contributed by atoms with Crippen molar-refractivity contribution < 1.29 is 24.1 Å². The molecule has 82 valence electrons. The molecule has 0 bridgehead atoms. The Hall–Kier alpha value is -0.200. The molecule has 2 heterocycles. The van der Waals surface area contributed by atoms with Gasteiger partial charge in [0, 0.05) is 7.11 Å². The van der Waals surface area contributed by atoms with Gasteiger partial charge in [0.15, 0.2) is 12.1 Å². The van der Waals surface area contributed by atoms with Gasteiger partial charge in [-0.25, -0.2) is 0 Å². The Labute approximate surface area is 82.9 Å². The van der Waals surface area contributed by atoms with E-state index in [1.807, 2.05) is 13.8 Å². The monoisotopic (exact) mass is 204 g/mol. The fraction of sp³-hybridized carbons (Fsp3) is 1.00. The Morgan fingerprint density at radius 2 is 1.93 bits per heavy atom. The van der Waals surface area contributed by atoms with Crippen LogP contribution in [0.4, 0.5) is 0 Å². The summed E-state index contributed by atoms with van der Waals surface area (Å²) < 4.78 is 21.5. The van der Waals surface area contributed by atoms with Gasteiger partial charge < -0.3 is 24.1 Å². The minimum absolute atomic E-state index is 0.221. The molecule has 0 unspecified atom stereocenters. The van der Waals surface area contributed by atoms with E-state index in [4.69, 9.17) is 18.9 Å². The van der Waals surface area contributed by atoms with Gasteiger partial charge in [-0.3, -0.25) is 0 Å². The summed E-state index contributed by atoms with van der Waals surface area (Å²) in [5.74, 6) is -0.680. The first-order chi connectivity index (χ1) is 6.53. The molecule has 0 amide bonds. The van der Waals surface area contributed by atoms with Gasteiger partial charge in [0.25, 0.3) is 0 Å². The van der Waals surface area contributed by atoms with Crippen molar-refractivity contribution in [3.63, 3.8) is 0 Å². The van der Waals surface area contributed by atoms with Crippen molar-refractivity contribution in [1.82, 2.24) is 0 Å². The quantitative estimate of drug-likeness (QED) is 0.644. The summed E-state index contributed by atoms with van der Waals surface area (Å²) in [5.41, 5.74) is 0. The molecule has 2 saturated heterocycles. The topological polar surface area (TPSA) is 57.2 Å². The second-order valence-corrected chi connectivity index (χ2v) is 4.07. The first-order valence-corrected chi connectivity index (χ1v) is 4.71.